The highest BCUT2D eigenvalue weighted by Gasteiger charge is 2.36. The Bertz CT molecular complexity index is 827. The lowest BCUT2D eigenvalue weighted by Gasteiger charge is -2.30. The van der Waals surface area contributed by atoms with Crippen LogP contribution in [0.15, 0.2) is 29.3 Å². The van der Waals surface area contributed by atoms with Gasteiger partial charge < -0.3 is 5.32 Å². The maximum absolute atomic E-state index is 13.1. The predicted molar refractivity (Wildman–Crippen MR) is 99.4 cm³/mol. The van der Waals surface area contributed by atoms with E-state index in [2.05, 4.69) is 22.2 Å². The average molecular weight is 397 g/mol. The van der Waals surface area contributed by atoms with E-state index in [0.717, 1.165) is 31.0 Å². The van der Waals surface area contributed by atoms with Crippen molar-refractivity contribution in [3.8, 4) is 0 Å². The monoisotopic (exact) mass is 397 g/mol. The van der Waals surface area contributed by atoms with Crippen LogP contribution >= 0.6 is 11.8 Å². The predicted octanol–water partition coefficient (Wildman–Crippen LogP) is 4.82. The summed E-state index contributed by atoms with van der Waals surface area (Å²) in [6, 6.07) is 6.67. The van der Waals surface area contributed by atoms with Crippen molar-refractivity contribution >= 4 is 28.6 Å². The molecule has 1 aromatic heterocycles. The first-order valence-corrected chi connectivity index (χ1v) is 9.94. The Hall–Kier alpha value is -1.83. The van der Waals surface area contributed by atoms with E-state index in [1.54, 1.807) is 25.1 Å². The maximum Gasteiger partial charge on any atom is 0.451 e. The number of halogens is 3. The average Bonchev–Trinajstić information content (AvgIpc) is 2.62. The molecule has 2 aromatic rings. The zero-order valence-corrected chi connectivity index (χ0v) is 16.0. The summed E-state index contributed by atoms with van der Waals surface area (Å²) in [5, 5.41) is 3.19. The van der Waals surface area contributed by atoms with Crippen LogP contribution < -0.4 is 5.32 Å². The minimum Gasteiger partial charge on any atom is -0.352 e. The summed E-state index contributed by atoms with van der Waals surface area (Å²) in [4.78, 5) is 19.9. The molecule has 3 rings (SSSR count). The summed E-state index contributed by atoms with van der Waals surface area (Å²) < 4.78 is 39.4. The van der Waals surface area contributed by atoms with Gasteiger partial charge in [-0.15, -0.1) is 0 Å². The lowest BCUT2D eigenvalue weighted by atomic mass is 9.86. The smallest absolute Gasteiger partial charge is 0.352 e. The summed E-state index contributed by atoms with van der Waals surface area (Å²) in [7, 11) is 0. The van der Waals surface area contributed by atoms with Crippen LogP contribution in [-0.4, -0.2) is 27.2 Å². The van der Waals surface area contributed by atoms with E-state index in [0.29, 0.717) is 11.3 Å². The summed E-state index contributed by atoms with van der Waals surface area (Å²) in [5.74, 6) is -0.941. The molecule has 1 heterocycles. The van der Waals surface area contributed by atoms with Gasteiger partial charge >= 0.3 is 6.18 Å². The molecule has 3 atom stereocenters. The van der Waals surface area contributed by atoms with Crippen molar-refractivity contribution in [2.45, 2.75) is 62.0 Å². The van der Waals surface area contributed by atoms with Gasteiger partial charge in [0.2, 0.25) is 11.7 Å². The van der Waals surface area contributed by atoms with Crippen LogP contribution in [0.1, 0.15) is 45.4 Å². The Labute approximate surface area is 160 Å². The van der Waals surface area contributed by atoms with E-state index < -0.39 is 17.3 Å². The second-order valence-corrected chi connectivity index (χ2v) is 8.33. The van der Waals surface area contributed by atoms with Crippen molar-refractivity contribution in [3.63, 3.8) is 0 Å². The standard InChI is InChI=1S/C19H22F3N3OS/c1-11-7-3-5-9-14(11)23-16(26)12(2)27-17-13-8-4-6-10-15(13)24-18(25-17)19(20,21)22/h4,6,8,10-12,14H,3,5,7,9H2,1-2H3,(H,23,26)/t11-,12-,14+/m1/s1. The molecule has 0 spiro atoms. The SMILES string of the molecule is C[C@@H]1CCCC[C@@H]1NC(=O)[C@@H](C)Sc1nc(C(F)(F)F)nc2ccccc12. The molecule has 0 saturated heterocycles. The number of thioether (sulfide) groups is 1. The Kier molecular flexibility index (Phi) is 5.93. The third-order valence-corrected chi connectivity index (χ3v) is 6.02. The van der Waals surface area contributed by atoms with Crippen molar-refractivity contribution in [1.82, 2.24) is 15.3 Å². The number of carbonyl (C=O) groups excluding carboxylic acids is 1. The lowest BCUT2D eigenvalue weighted by molar-refractivity contribution is -0.145. The van der Waals surface area contributed by atoms with Crippen LogP contribution in [0, 0.1) is 5.92 Å². The van der Waals surface area contributed by atoms with Crippen LogP contribution in [0.4, 0.5) is 13.2 Å². The number of hydrogen-bond donors (Lipinski definition) is 1. The van der Waals surface area contributed by atoms with Crippen LogP contribution in [0.5, 0.6) is 0 Å². The Morgan fingerprint density at radius 3 is 2.63 bits per heavy atom. The molecule has 27 heavy (non-hydrogen) atoms. The van der Waals surface area contributed by atoms with Crippen LogP contribution in [0.2, 0.25) is 0 Å². The number of para-hydroxylation sites is 1. The molecule has 1 aliphatic carbocycles. The molecule has 1 N–H and O–H groups in total. The van der Waals surface area contributed by atoms with E-state index in [-0.39, 0.29) is 22.5 Å². The molecule has 4 nitrogen and oxygen atoms in total. The van der Waals surface area contributed by atoms with Crippen LogP contribution in [0.3, 0.4) is 0 Å². The second kappa shape index (κ2) is 8.04. The van der Waals surface area contributed by atoms with Gasteiger partial charge in [0, 0.05) is 11.4 Å². The van der Waals surface area contributed by atoms with Crippen molar-refractivity contribution in [2.75, 3.05) is 0 Å². The largest absolute Gasteiger partial charge is 0.451 e. The van der Waals surface area contributed by atoms with E-state index in [4.69, 9.17) is 0 Å². The number of rotatable bonds is 4. The van der Waals surface area contributed by atoms with Gasteiger partial charge in [0.15, 0.2) is 0 Å². The summed E-state index contributed by atoms with van der Waals surface area (Å²) in [5.41, 5.74) is 0.218. The topological polar surface area (TPSA) is 54.9 Å². The van der Waals surface area contributed by atoms with Crippen molar-refractivity contribution < 1.29 is 18.0 Å². The fourth-order valence-electron chi connectivity index (χ4n) is 3.32. The van der Waals surface area contributed by atoms with Gasteiger partial charge in [0.05, 0.1) is 10.8 Å². The first-order valence-electron chi connectivity index (χ1n) is 9.06. The van der Waals surface area contributed by atoms with Crippen LogP contribution in [-0.2, 0) is 11.0 Å². The summed E-state index contributed by atoms with van der Waals surface area (Å²) in [6.07, 6.45) is -0.355. The number of fused-ring (bicyclic) bond motifs is 1. The van der Waals surface area contributed by atoms with Gasteiger partial charge in [-0.1, -0.05) is 49.7 Å². The molecule has 1 fully saturated rings. The van der Waals surface area contributed by atoms with E-state index in [1.165, 1.54) is 12.5 Å². The lowest BCUT2D eigenvalue weighted by Crippen LogP contribution is -2.44. The van der Waals surface area contributed by atoms with Gasteiger partial charge in [-0.05, 0) is 31.7 Å². The maximum atomic E-state index is 13.1. The first-order chi connectivity index (χ1) is 12.8. The Morgan fingerprint density at radius 1 is 1.22 bits per heavy atom. The van der Waals surface area contributed by atoms with Crippen LogP contribution in [0.25, 0.3) is 10.9 Å². The molecule has 0 radical (unpaired) electrons. The molecule has 0 aliphatic heterocycles. The number of nitrogens with zero attached hydrogens (tertiary/aromatic N) is 2. The Balaban J connectivity index is 1.81. The molecule has 0 bridgehead atoms. The fraction of sp³-hybridized carbons (Fsp3) is 0.526. The van der Waals surface area contributed by atoms with Gasteiger partial charge in [0.1, 0.15) is 5.03 Å². The highest BCUT2D eigenvalue weighted by atomic mass is 32.2. The second-order valence-electron chi connectivity index (χ2n) is 7.00. The Morgan fingerprint density at radius 2 is 1.93 bits per heavy atom. The number of nitrogens with one attached hydrogen (secondary N) is 1. The first kappa shape index (κ1) is 19.9. The zero-order chi connectivity index (χ0) is 19.6. The van der Waals surface area contributed by atoms with Crippen molar-refractivity contribution in [1.29, 1.82) is 0 Å². The number of alkyl halides is 3. The molecule has 0 unspecified atom stereocenters. The van der Waals surface area contributed by atoms with Gasteiger partial charge in [-0.2, -0.15) is 13.2 Å². The van der Waals surface area contributed by atoms with Gasteiger partial charge in [0.25, 0.3) is 0 Å². The molecule has 1 saturated carbocycles. The molecule has 8 heteroatoms. The number of carbonyl (C=O) groups is 1. The third-order valence-electron chi connectivity index (χ3n) is 4.92. The highest BCUT2D eigenvalue weighted by molar-refractivity contribution is 8.00. The fourth-order valence-corrected chi connectivity index (χ4v) is 4.26. The molecular weight excluding hydrogens is 375 g/mol. The highest BCUT2D eigenvalue weighted by Crippen LogP contribution is 2.34. The van der Waals surface area contributed by atoms with Crippen molar-refractivity contribution in [3.05, 3.63) is 30.1 Å². The number of aromatic nitrogens is 2. The van der Waals surface area contributed by atoms with E-state index in [1.807, 2.05) is 0 Å². The normalized spacial score (nSPS) is 21.8. The van der Waals surface area contributed by atoms with E-state index >= 15 is 0 Å². The zero-order valence-electron chi connectivity index (χ0n) is 15.2. The van der Waals surface area contributed by atoms with Gasteiger partial charge in [-0.3, -0.25) is 4.79 Å². The number of hydrogen-bond acceptors (Lipinski definition) is 4. The minimum absolute atomic E-state index is 0.127. The molecule has 1 aliphatic rings. The van der Waals surface area contributed by atoms with Gasteiger partial charge in [-0.25, -0.2) is 9.97 Å². The molecular formula is C19H22F3N3OS. The molecule has 1 aromatic carbocycles. The number of benzene rings is 1. The molecule has 1 amide bonds. The summed E-state index contributed by atoms with van der Waals surface area (Å²) in [6.45, 7) is 3.81. The summed E-state index contributed by atoms with van der Waals surface area (Å²) >= 11 is 1.04. The number of amides is 1. The van der Waals surface area contributed by atoms with Crippen molar-refractivity contribution in [2.24, 2.45) is 5.92 Å². The molecule has 146 valence electrons. The quantitative estimate of drug-likeness (QED) is 0.593. The minimum atomic E-state index is -4.64. The third kappa shape index (κ3) is 4.72. The van der Waals surface area contributed by atoms with E-state index in [9.17, 15) is 18.0 Å².